The Morgan fingerprint density at radius 3 is 2.82 bits per heavy atom. The van der Waals surface area contributed by atoms with Gasteiger partial charge in [-0.3, -0.25) is 4.98 Å². The molecule has 2 aliphatic rings. The summed E-state index contributed by atoms with van der Waals surface area (Å²) in [5.74, 6) is -2.16. The summed E-state index contributed by atoms with van der Waals surface area (Å²) >= 11 is 0. The third-order valence-corrected chi connectivity index (χ3v) is 6.26. The number of fused-ring (bicyclic) bond motifs is 1. The van der Waals surface area contributed by atoms with Crippen molar-refractivity contribution in [2.45, 2.75) is 38.1 Å². The molecular weight excluding hydrogens is 438 g/mol. The standard InChI is InChI=1S/C24H21N5O5/c30-22-23(31)33-24(32-22)7-1-2-9-29(24)14-17-13-26-19-6-5-15(10-18(17)19)11-20-27-21(28-34-20)16-4-3-8-25-12-16/h3-6,8,10,12-13,26H,1-2,7,9,11,14H2. The number of esters is 2. The minimum Gasteiger partial charge on any atom is -0.400 e. The lowest BCUT2D eigenvalue weighted by molar-refractivity contribution is -0.266. The SMILES string of the molecule is O=C1OC2(CCCCN2Cc2c[nH]c3ccc(Cc4nc(-c5cccnc5)no4)cc23)OC1=O. The number of nitrogens with one attached hydrogen (secondary N) is 1. The van der Waals surface area contributed by atoms with Gasteiger partial charge in [0.25, 0.3) is 0 Å². The second-order valence-electron chi connectivity index (χ2n) is 8.49. The lowest BCUT2D eigenvalue weighted by atomic mass is 10.0. The maximum atomic E-state index is 11.8. The number of hydrogen-bond donors (Lipinski definition) is 1. The number of rotatable bonds is 5. The molecule has 5 heterocycles. The highest BCUT2D eigenvalue weighted by molar-refractivity contribution is 6.31. The van der Waals surface area contributed by atoms with Crippen LogP contribution in [0.25, 0.3) is 22.3 Å². The molecule has 1 aromatic carbocycles. The monoisotopic (exact) mass is 459 g/mol. The van der Waals surface area contributed by atoms with Gasteiger partial charge >= 0.3 is 17.8 Å². The second-order valence-corrected chi connectivity index (χ2v) is 8.49. The van der Waals surface area contributed by atoms with Crippen molar-refractivity contribution < 1.29 is 23.6 Å². The smallest absolute Gasteiger partial charge is 0.400 e. The van der Waals surface area contributed by atoms with Gasteiger partial charge in [-0.15, -0.1) is 0 Å². The van der Waals surface area contributed by atoms with Gasteiger partial charge in [-0.25, -0.2) is 14.5 Å². The molecule has 3 aromatic heterocycles. The van der Waals surface area contributed by atoms with Crippen LogP contribution >= 0.6 is 0 Å². The van der Waals surface area contributed by atoms with E-state index in [-0.39, 0.29) is 0 Å². The van der Waals surface area contributed by atoms with E-state index in [1.807, 2.05) is 35.4 Å². The van der Waals surface area contributed by atoms with Crippen molar-refractivity contribution in [3.63, 3.8) is 0 Å². The highest BCUT2D eigenvalue weighted by atomic mass is 16.8. The van der Waals surface area contributed by atoms with Crippen LogP contribution in [0.15, 0.2) is 53.4 Å². The van der Waals surface area contributed by atoms with E-state index in [1.54, 1.807) is 12.4 Å². The summed E-state index contributed by atoms with van der Waals surface area (Å²) in [6.07, 6.45) is 8.02. The first kappa shape index (κ1) is 20.5. The zero-order chi connectivity index (χ0) is 23.1. The Morgan fingerprint density at radius 1 is 1.12 bits per heavy atom. The molecule has 0 atom stereocenters. The Bertz CT molecular complexity index is 1360. The number of aromatic amines is 1. The van der Waals surface area contributed by atoms with Crippen LogP contribution in [0, 0.1) is 0 Å². The number of aromatic nitrogens is 4. The number of carbonyl (C=O) groups excluding carboxylic acids is 2. The van der Waals surface area contributed by atoms with Crippen molar-refractivity contribution in [2.24, 2.45) is 0 Å². The molecule has 34 heavy (non-hydrogen) atoms. The quantitative estimate of drug-likeness (QED) is 0.354. The molecule has 0 saturated carbocycles. The van der Waals surface area contributed by atoms with Crippen LogP contribution in [0.4, 0.5) is 0 Å². The van der Waals surface area contributed by atoms with E-state index in [4.69, 9.17) is 14.0 Å². The van der Waals surface area contributed by atoms with E-state index >= 15 is 0 Å². The number of H-pyrrole nitrogens is 1. The highest BCUT2D eigenvalue weighted by Crippen LogP contribution is 2.37. The maximum absolute atomic E-state index is 11.8. The third kappa shape index (κ3) is 3.61. The van der Waals surface area contributed by atoms with Crippen molar-refractivity contribution in [3.05, 3.63) is 65.9 Å². The van der Waals surface area contributed by atoms with E-state index < -0.39 is 17.8 Å². The normalized spacial score (nSPS) is 17.9. The fraction of sp³-hybridized carbons (Fsp3) is 0.292. The van der Waals surface area contributed by atoms with E-state index in [9.17, 15) is 9.59 Å². The lowest BCUT2D eigenvalue weighted by Crippen LogP contribution is -2.52. The molecular formula is C24H21N5O5. The summed E-state index contributed by atoms with van der Waals surface area (Å²) < 4.78 is 16.2. The van der Waals surface area contributed by atoms with Crippen LogP contribution in [0.3, 0.4) is 0 Å². The van der Waals surface area contributed by atoms with Crippen LogP contribution in [0.1, 0.15) is 36.3 Å². The predicted octanol–water partition coefficient (Wildman–Crippen LogP) is 2.94. The maximum Gasteiger partial charge on any atom is 0.421 e. The van der Waals surface area contributed by atoms with E-state index in [2.05, 4.69) is 26.2 Å². The van der Waals surface area contributed by atoms with Crippen LogP contribution < -0.4 is 0 Å². The molecule has 172 valence electrons. The van der Waals surface area contributed by atoms with Crippen molar-refractivity contribution in [1.29, 1.82) is 0 Å². The summed E-state index contributed by atoms with van der Waals surface area (Å²) in [6, 6.07) is 9.81. The van der Waals surface area contributed by atoms with Gasteiger partial charge in [0.1, 0.15) is 0 Å². The van der Waals surface area contributed by atoms with Gasteiger partial charge in [-0.1, -0.05) is 11.2 Å². The van der Waals surface area contributed by atoms with Crippen molar-refractivity contribution in [3.8, 4) is 11.4 Å². The third-order valence-electron chi connectivity index (χ3n) is 6.26. The molecule has 6 rings (SSSR count). The van der Waals surface area contributed by atoms with Crippen molar-refractivity contribution in [1.82, 2.24) is 25.0 Å². The van der Waals surface area contributed by atoms with Crippen LogP contribution in [0.2, 0.25) is 0 Å². The first-order valence-corrected chi connectivity index (χ1v) is 11.1. The van der Waals surface area contributed by atoms with Gasteiger partial charge in [0, 0.05) is 54.6 Å². The molecule has 10 nitrogen and oxygen atoms in total. The average Bonchev–Trinajstić information content (AvgIpc) is 3.55. The number of hydrogen-bond acceptors (Lipinski definition) is 9. The van der Waals surface area contributed by atoms with Gasteiger partial charge in [-0.2, -0.15) is 4.98 Å². The largest absolute Gasteiger partial charge is 0.421 e. The molecule has 0 aliphatic carbocycles. The zero-order valence-electron chi connectivity index (χ0n) is 18.2. The number of nitrogens with zero attached hydrogens (tertiary/aromatic N) is 4. The Labute approximate surface area is 193 Å². The number of pyridine rings is 1. The first-order chi connectivity index (χ1) is 16.6. The number of benzene rings is 1. The number of likely N-dealkylation sites (tertiary alicyclic amines) is 1. The summed E-state index contributed by atoms with van der Waals surface area (Å²) in [5, 5.41) is 5.09. The molecule has 4 aromatic rings. The van der Waals surface area contributed by atoms with Gasteiger partial charge in [0.05, 0.1) is 6.42 Å². The van der Waals surface area contributed by atoms with E-state index in [0.717, 1.165) is 40.4 Å². The zero-order valence-corrected chi connectivity index (χ0v) is 18.2. The summed E-state index contributed by atoms with van der Waals surface area (Å²) in [4.78, 5) is 37.3. The molecule has 1 N–H and O–H groups in total. The number of piperidine rings is 1. The molecule has 10 heteroatoms. The van der Waals surface area contributed by atoms with E-state index in [0.29, 0.717) is 37.6 Å². The Kier molecular flexibility index (Phi) is 4.88. The molecule has 2 fully saturated rings. The molecule has 0 amide bonds. The second kappa shape index (κ2) is 8.07. The summed E-state index contributed by atoms with van der Waals surface area (Å²) in [6.45, 7) is 1.13. The van der Waals surface area contributed by atoms with Gasteiger partial charge < -0.3 is 19.0 Å². The van der Waals surface area contributed by atoms with Gasteiger partial charge in [0.2, 0.25) is 11.7 Å². The molecule has 0 radical (unpaired) electrons. The van der Waals surface area contributed by atoms with Crippen LogP contribution in [0.5, 0.6) is 0 Å². The first-order valence-electron chi connectivity index (χ1n) is 11.1. The molecule has 0 unspecified atom stereocenters. The van der Waals surface area contributed by atoms with Crippen LogP contribution in [-0.4, -0.2) is 49.4 Å². The minimum atomic E-state index is -1.31. The van der Waals surface area contributed by atoms with Gasteiger partial charge in [0.15, 0.2) is 0 Å². The molecule has 1 spiro atoms. The Morgan fingerprint density at radius 2 is 2.00 bits per heavy atom. The van der Waals surface area contributed by atoms with Crippen molar-refractivity contribution >= 4 is 22.8 Å². The molecule has 0 bridgehead atoms. The average molecular weight is 459 g/mol. The summed E-state index contributed by atoms with van der Waals surface area (Å²) in [5.41, 5.74) is 3.80. The number of ether oxygens (including phenoxy) is 2. The highest BCUT2D eigenvalue weighted by Gasteiger charge is 2.53. The minimum absolute atomic E-state index is 0.467. The molecule has 2 aliphatic heterocycles. The fourth-order valence-corrected chi connectivity index (χ4v) is 4.59. The van der Waals surface area contributed by atoms with E-state index in [1.165, 1.54) is 0 Å². The van der Waals surface area contributed by atoms with Crippen LogP contribution in [-0.2, 0) is 32.0 Å². The Hall–Kier alpha value is -4.05. The number of carbonyl (C=O) groups is 2. The summed E-state index contributed by atoms with van der Waals surface area (Å²) in [7, 11) is 0. The fourth-order valence-electron chi connectivity index (χ4n) is 4.59. The topological polar surface area (TPSA) is 123 Å². The molecule has 2 saturated heterocycles. The van der Waals surface area contributed by atoms with Gasteiger partial charge in [-0.05, 0) is 48.2 Å². The lowest BCUT2D eigenvalue weighted by Gasteiger charge is -2.40. The predicted molar refractivity (Wildman–Crippen MR) is 118 cm³/mol. The van der Waals surface area contributed by atoms with Crippen molar-refractivity contribution in [2.75, 3.05) is 6.54 Å². The Balaban J connectivity index is 1.25.